The molecule has 0 aliphatic rings. The Kier molecular flexibility index (Phi) is 3.70. The van der Waals surface area contributed by atoms with Crippen molar-refractivity contribution in [3.05, 3.63) is 29.8 Å². The van der Waals surface area contributed by atoms with E-state index in [9.17, 15) is 0 Å². The molecule has 0 unspecified atom stereocenters. The predicted molar refractivity (Wildman–Crippen MR) is 70.8 cm³/mol. The van der Waals surface area contributed by atoms with Crippen molar-refractivity contribution < 1.29 is 14.2 Å². The summed E-state index contributed by atoms with van der Waals surface area (Å²) >= 11 is 0. The van der Waals surface area contributed by atoms with Gasteiger partial charge in [0.15, 0.2) is 11.5 Å². The number of hydrogen-bond acceptors (Lipinski definition) is 6. The van der Waals surface area contributed by atoms with Crippen LogP contribution in [0.3, 0.4) is 0 Å². The molecule has 0 radical (unpaired) electrons. The van der Waals surface area contributed by atoms with Gasteiger partial charge < -0.3 is 19.9 Å². The van der Waals surface area contributed by atoms with Gasteiger partial charge in [-0.1, -0.05) is 6.07 Å². The minimum atomic E-state index is 0.0837. The van der Waals surface area contributed by atoms with Crippen molar-refractivity contribution in [1.82, 2.24) is 9.97 Å². The van der Waals surface area contributed by atoms with Crippen LogP contribution in [0.15, 0.2) is 24.3 Å². The molecule has 0 fully saturated rings. The van der Waals surface area contributed by atoms with Crippen LogP contribution in [0.5, 0.6) is 23.3 Å². The Morgan fingerprint density at radius 3 is 2.37 bits per heavy atom. The number of aryl methyl sites for hydroxylation is 1. The Hall–Kier alpha value is -2.50. The molecule has 1 heterocycles. The highest BCUT2D eigenvalue weighted by Crippen LogP contribution is 2.32. The van der Waals surface area contributed by atoms with Crippen molar-refractivity contribution in [1.29, 1.82) is 0 Å². The molecule has 2 N–H and O–H groups in total. The third-order valence-corrected chi connectivity index (χ3v) is 2.44. The van der Waals surface area contributed by atoms with E-state index in [0.717, 1.165) is 5.56 Å². The molecule has 2 rings (SSSR count). The van der Waals surface area contributed by atoms with Crippen molar-refractivity contribution in [2.45, 2.75) is 6.92 Å². The summed E-state index contributed by atoms with van der Waals surface area (Å²) in [5.74, 6) is 1.89. The van der Waals surface area contributed by atoms with Gasteiger partial charge in [0, 0.05) is 0 Å². The number of anilines is 1. The quantitative estimate of drug-likeness (QED) is 0.908. The lowest BCUT2D eigenvalue weighted by Crippen LogP contribution is -2.00. The molecule has 6 heteroatoms. The highest BCUT2D eigenvalue weighted by molar-refractivity contribution is 5.45. The normalized spacial score (nSPS) is 10.1. The van der Waals surface area contributed by atoms with Gasteiger partial charge in [0.1, 0.15) is 0 Å². The van der Waals surface area contributed by atoms with Gasteiger partial charge >= 0.3 is 0 Å². The summed E-state index contributed by atoms with van der Waals surface area (Å²) < 4.78 is 15.9. The zero-order valence-corrected chi connectivity index (χ0v) is 11.0. The average molecular weight is 261 g/mol. The summed E-state index contributed by atoms with van der Waals surface area (Å²) in [6.45, 7) is 1.97. The molecule has 0 atom stereocenters. The highest BCUT2D eigenvalue weighted by Gasteiger charge is 2.09. The van der Waals surface area contributed by atoms with Crippen LogP contribution in [0.25, 0.3) is 0 Å². The number of aromatic nitrogens is 2. The fourth-order valence-corrected chi connectivity index (χ4v) is 1.55. The number of hydrogen-bond donors (Lipinski definition) is 1. The van der Waals surface area contributed by atoms with Crippen molar-refractivity contribution in [3.8, 4) is 23.3 Å². The van der Waals surface area contributed by atoms with Gasteiger partial charge in [-0.25, -0.2) is 0 Å². The van der Waals surface area contributed by atoms with Crippen LogP contribution < -0.4 is 19.9 Å². The second-order valence-corrected chi connectivity index (χ2v) is 3.86. The molecule has 0 spiro atoms. The predicted octanol–water partition coefficient (Wildman–Crippen LogP) is 2.18. The molecule has 1 aromatic heterocycles. The van der Waals surface area contributed by atoms with Gasteiger partial charge in [0.05, 0.1) is 20.3 Å². The number of methoxy groups -OCH3 is 2. The Labute approximate surface area is 111 Å². The Balaban J connectivity index is 2.33. The Morgan fingerprint density at radius 2 is 1.68 bits per heavy atom. The molecule has 1 aromatic carbocycles. The number of nitrogen functional groups attached to an aromatic ring is 1. The van der Waals surface area contributed by atoms with Crippen molar-refractivity contribution >= 4 is 5.95 Å². The maximum absolute atomic E-state index is 5.64. The number of nitrogens with zero attached hydrogens (tertiary/aromatic N) is 2. The highest BCUT2D eigenvalue weighted by atomic mass is 16.5. The second kappa shape index (κ2) is 5.43. The summed E-state index contributed by atoms with van der Waals surface area (Å²) in [6.07, 6.45) is 0. The van der Waals surface area contributed by atoms with Gasteiger partial charge in [0.2, 0.25) is 17.7 Å². The summed E-state index contributed by atoms with van der Waals surface area (Å²) in [5.41, 5.74) is 6.64. The van der Waals surface area contributed by atoms with Gasteiger partial charge in [0.25, 0.3) is 0 Å². The van der Waals surface area contributed by atoms with Crippen LogP contribution in [-0.4, -0.2) is 24.2 Å². The fourth-order valence-electron chi connectivity index (χ4n) is 1.55. The largest absolute Gasteiger partial charge is 0.493 e. The lowest BCUT2D eigenvalue weighted by atomic mass is 10.2. The van der Waals surface area contributed by atoms with E-state index in [2.05, 4.69) is 9.97 Å². The molecule has 0 saturated carbocycles. The molecular weight excluding hydrogens is 246 g/mol. The van der Waals surface area contributed by atoms with Crippen molar-refractivity contribution in [3.63, 3.8) is 0 Å². The van der Waals surface area contributed by atoms with E-state index in [1.807, 2.05) is 19.1 Å². The zero-order valence-electron chi connectivity index (χ0n) is 11.0. The maximum Gasteiger partial charge on any atom is 0.228 e. The summed E-state index contributed by atoms with van der Waals surface area (Å²) in [5, 5.41) is 0. The number of rotatable bonds is 4. The first-order valence-corrected chi connectivity index (χ1v) is 5.63. The fraction of sp³-hybridized carbons (Fsp3) is 0.231. The molecule has 0 bridgehead atoms. The first kappa shape index (κ1) is 12.9. The van der Waals surface area contributed by atoms with E-state index in [1.54, 1.807) is 19.2 Å². The van der Waals surface area contributed by atoms with Crippen LogP contribution in [-0.2, 0) is 0 Å². The molecule has 2 aromatic rings. The number of benzene rings is 1. The van der Waals surface area contributed by atoms with E-state index in [-0.39, 0.29) is 5.95 Å². The molecule has 19 heavy (non-hydrogen) atoms. The van der Waals surface area contributed by atoms with Crippen LogP contribution in [0.4, 0.5) is 5.95 Å². The minimum Gasteiger partial charge on any atom is -0.493 e. The van der Waals surface area contributed by atoms with Crippen LogP contribution >= 0.6 is 0 Å². The van der Waals surface area contributed by atoms with Crippen LogP contribution in [0.2, 0.25) is 0 Å². The zero-order chi connectivity index (χ0) is 13.8. The van der Waals surface area contributed by atoms with Crippen LogP contribution in [0.1, 0.15) is 5.56 Å². The van der Waals surface area contributed by atoms with Gasteiger partial charge in [-0.05, 0) is 24.6 Å². The SMILES string of the molecule is COc1cc(Oc2ccc(C)cc2OC)nc(N)n1. The minimum absolute atomic E-state index is 0.0837. The molecule has 0 aliphatic carbocycles. The van der Waals surface area contributed by atoms with Gasteiger partial charge in [-0.15, -0.1) is 0 Å². The standard InChI is InChI=1S/C13H15N3O3/c1-8-4-5-9(10(6-8)17-2)19-12-7-11(18-3)15-13(14)16-12/h4-7H,1-3H3,(H2,14,15,16). The molecule has 6 nitrogen and oxygen atoms in total. The first-order chi connectivity index (χ1) is 9.12. The summed E-state index contributed by atoms with van der Waals surface area (Å²) in [7, 11) is 3.08. The molecule has 100 valence electrons. The van der Waals surface area contributed by atoms with E-state index >= 15 is 0 Å². The molecule has 0 amide bonds. The summed E-state index contributed by atoms with van der Waals surface area (Å²) in [4.78, 5) is 7.87. The Bertz CT molecular complexity index is 587. The average Bonchev–Trinajstić information content (AvgIpc) is 2.40. The Morgan fingerprint density at radius 1 is 0.947 bits per heavy atom. The monoisotopic (exact) mass is 261 g/mol. The smallest absolute Gasteiger partial charge is 0.228 e. The topological polar surface area (TPSA) is 79.5 Å². The third kappa shape index (κ3) is 3.04. The number of nitrogens with two attached hydrogens (primary N) is 1. The van der Waals surface area contributed by atoms with Crippen molar-refractivity contribution in [2.24, 2.45) is 0 Å². The molecule has 0 saturated heterocycles. The second-order valence-electron chi connectivity index (χ2n) is 3.86. The molecular formula is C13H15N3O3. The molecule has 0 aliphatic heterocycles. The maximum atomic E-state index is 5.64. The lowest BCUT2D eigenvalue weighted by molar-refractivity contribution is 0.367. The van der Waals surface area contributed by atoms with E-state index in [4.69, 9.17) is 19.9 Å². The van der Waals surface area contributed by atoms with E-state index in [1.165, 1.54) is 7.11 Å². The van der Waals surface area contributed by atoms with Crippen molar-refractivity contribution in [2.75, 3.05) is 20.0 Å². The van der Waals surface area contributed by atoms with E-state index < -0.39 is 0 Å². The first-order valence-electron chi connectivity index (χ1n) is 5.63. The third-order valence-electron chi connectivity index (χ3n) is 2.44. The lowest BCUT2D eigenvalue weighted by Gasteiger charge is -2.11. The van der Waals surface area contributed by atoms with Crippen LogP contribution in [0, 0.1) is 6.92 Å². The van der Waals surface area contributed by atoms with Gasteiger partial charge in [-0.3, -0.25) is 0 Å². The van der Waals surface area contributed by atoms with Gasteiger partial charge in [-0.2, -0.15) is 9.97 Å². The van der Waals surface area contributed by atoms with E-state index in [0.29, 0.717) is 23.3 Å². The number of ether oxygens (including phenoxy) is 3. The summed E-state index contributed by atoms with van der Waals surface area (Å²) in [6, 6.07) is 7.14.